The predicted molar refractivity (Wildman–Crippen MR) is 123 cm³/mol. The van der Waals surface area contributed by atoms with Gasteiger partial charge in [0.05, 0.1) is 37.7 Å². The van der Waals surface area contributed by atoms with Gasteiger partial charge in [-0.3, -0.25) is 0 Å². The third kappa shape index (κ3) is 4.40. The Bertz CT molecular complexity index is 1200. The molecule has 1 aromatic carbocycles. The molecule has 0 atom stereocenters. The molecule has 0 unspecified atom stereocenters. The summed E-state index contributed by atoms with van der Waals surface area (Å²) in [5.41, 5.74) is 4.20. The van der Waals surface area contributed by atoms with Crippen LogP contribution in [0.3, 0.4) is 0 Å². The Labute approximate surface area is 187 Å². The monoisotopic (exact) mass is 436 g/mol. The summed E-state index contributed by atoms with van der Waals surface area (Å²) in [5, 5.41) is 8.49. The van der Waals surface area contributed by atoms with E-state index < -0.39 is 0 Å². The van der Waals surface area contributed by atoms with E-state index in [1.165, 1.54) is 0 Å². The molecule has 3 aromatic heterocycles. The van der Waals surface area contributed by atoms with E-state index >= 15 is 0 Å². The van der Waals surface area contributed by atoms with Crippen molar-refractivity contribution in [3.05, 3.63) is 53.1 Å². The summed E-state index contributed by atoms with van der Waals surface area (Å²) >= 11 is 0. The molecule has 3 heterocycles. The van der Waals surface area contributed by atoms with Crippen molar-refractivity contribution in [1.29, 1.82) is 0 Å². The lowest BCUT2D eigenvalue weighted by atomic mass is 10.1. The van der Waals surface area contributed by atoms with Crippen molar-refractivity contribution < 1.29 is 18.4 Å². The number of pyridine rings is 1. The first kappa shape index (κ1) is 21.7. The summed E-state index contributed by atoms with van der Waals surface area (Å²) in [4.78, 5) is 6.94. The van der Waals surface area contributed by atoms with Gasteiger partial charge >= 0.3 is 0 Å². The second-order valence-electron chi connectivity index (χ2n) is 8.00. The fraction of sp³-hybridized carbons (Fsp3) is 0.333. The third-order valence-corrected chi connectivity index (χ3v) is 5.18. The van der Waals surface area contributed by atoms with Crippen molar-refractivity contribution in [2.45, 2.75) is 26.9 Å². The molecule has 4 aromatic rings. The molecular weight excluding hydrogens is 408 g/mol. The minimum Gasteiger partial charge on any atom is -0.497 e. The van der Waals surface area contributed by atoms with Gasteiger partial charge in [-0.2, -0.15) is 0 Å². The highest BCUT2D eigenvalue weighted by atomic mass is 16.5. The quantitative estimate of drug-likeness (QED) is 0.422. The van der Waals surface area contributed by atoms with Crippen LogP contribution in [0, 0.1) is 13.8 Å². The first-order valence-electron chi connectivity index (χ1n) is 10.3. The molecule has 0 amide bonds. The van der Waals surface area contributed by atoms with E-state index in [-0.39, 0.29) is 0 Å². The van der Waals surface area contributed by atoms with Crippen LogP contribution in [0.4, 0.5) is 5.82 Å². The lowest BCUT2D eigenvalue weighted by Gasteiger charge is -2.11. The number of hydrogen-bond donors (Lipinski definition) is 1. The molecule has 0 spiro atoms. The zero-order valence-corrected chi connectivity index (χ0v) is 19.3. The summed E-state index contributed by atoms with van der Waals surface area (Å²) in [6.07, 6.45) is 0. The van der Waals surface area contributed by atoms with E-state index in [1.54, 1.807) is 14.2 Å². The highest BCUT2D eigenvalue weighted by Crippen LogP contribution is 2.34. The topological polar surface area (TPSA) is 85.8 Å². The molecule has 0 aliphatic carbocycles. The normalized spacial score (nSPS) is 11.3. The maximum Gasteiger partial charge on any atom is 0.176 e. The standard InChI is InChI=1S/C24H28N4O4/c1-14-22(15(2)32-27-14)21-10-17-9-20(13-28(3)4)31-23(17)24(26-21)25-12-16-7-18(29-5)11-19(8-16)30-6/h7-11H,12-13H2,1-6H3,(H,25,26). The number of rotatable bonds is 8. The lowest BCUT2D eigenvalue weighted by Crippen LogP contribution is -2.09. The maximum absolute atomic E-state index is 6.17. The Kier molecular flexibility index (Phi) is 6.05. The van der Waals surface area contributed by atoms with Gasteiger partial charge in [0.2, 0.25) is 0 Å². The molecule has 0 radical (unpaired) electrons. The van der Waals surface area contributed by atoms with Crippen molar-refractivity contribution in [3.63, 3.8) is 0 Å². The Balaban J connectivity index is 1.75. The van der Waals surface area contributed by atoms with Crippen LogP contribution >= 0.6 is 0 Å². The smallest absolute Gasteiger partial charge is 0.176 e. The molecule has 4 rings (SSSR count). The summed E-state index contributed by atoms with van der Waals surface area (Å²) in [6.45, 7) is 5.02. The van der Waals surface area contributed by atoms with Gasteiger partial charge in [-0.1, -0.05) is 5.16 Å². The molecule has 0 aliphatic rings. The van der Waals surface area contributed by atoms with Gasteiger partial charge in [-0.25, -0.2) is 4.98 Å². The van der Waals surface area contributed by atoms with Crippen LogP contribution in [0.5, 0.6) is 11.5 Å². The fourth-order valence-electron chi connectivity index (χ4n) is 3.74. The molecule has 168 valence electrons. The van der Waals surface area contributed by atoms with Gasteiger partial charge in [0.15, 0.2) is 11.4 Å². The van der Waals surface area contributed by atoms with E-state index in [0.29, 0.717) is 24.5 Å². The minimum absolute atomic E-state index is 0.518. The number of furan rings is 1. The number of hydrogen-bond acceptors (Lipinski definition) is 8. The van der Waals surface area contributed by atoms with E-state index in [9.17, 15) is 0 Å². The number of methoxy groups -OCH3 is 2. The van der Waals surface area contributed by atoms with Gasteiger partial charge in [0.1, 0.15) is 23.0 Å². The van der Waals surface area contributed by atoms with E-state index in [1.807, 2.05) is 52.2 Å². The van der Waals surface area contributed by atoms with Crippen molar-refractivity contribution in [2.24, 2.45) is 0 Å². The number of aryl methyl sites for hydroxylation is 2. The van der Waals surface area contributed by atoms with Crippen LogP contribution in [0.25, 0.3) is 22.2 Å². The van der Waals surface area contributed by atoms with Gasteiger partial charge in [0, 0.05) is 18.0 Å². The molecule has 0 fully saturated rings. The van der Waals surface area contributed by atoms with Crippen LogP contribution < -0.4 is 14.8 Å². The maximum atomic E-state index is 6.17. The number of fused-ring (bicyclic) bond motifs is 1. The second-order valence-corrected chi connectivity index (χ2v) is 8.00. The van der Waals surface area contributed by atoms with Gasteiger partial charge < -0.3 is 28.6 Å². The van der Waals surface area contributed by atoms with Crippen LogP contribution in [-0.2, 0) is 13.1 Å². The first-order chi connectivity index (χ1) is 15.4. The zero-order valence-electron chi connectivity index (χ0n) is 19.3. The van der Waals surface area contributed by atoms with Crippen molar-refractivity contribution in [2.75, 3.05) is 33.6 Å². The summed E-state index contributed by atoms with van der Waals surface area (Å²) < 4.78 is 22.3. The molecule has 32 heavy (non-hydrogen) atoms. The summed E-state index contributed by atoms with van der Waals surface area (Å²) in [7, 11) is 7.30. The average molecular weight is 437 g/mol. The van der Waals surface area contributed by atoms with E-state index in [0.717, 1.165) is 50.9 Å². The molecule has 0 saturated heterocycles. The van der Waals surface area contributed by atoms with E-state index in [2.05, 4.69) is 21.4 Å². The Morgan fingerprint density at radius 2 is 1.72 bits per heavy atom. The minimum atomic E-state index is 0.518. The first-order valence-corrected chi connectivity index (χ1v) is 10.3. The molecule has 0 saturated carbocycles. The lowest BCUT2D eigenvalue weighted by molar-refractivity contribution is 0.358. The van der Waals surface area contributed by atoms with Crippen LogP contribution in [0.2, 0.25) is 0 Å². The zero-order chi connectivity index (χ0) is 22.8. The van der Waals surface area contributed by atoms with Gasteiger partial charge in [-0.05, 0) is 57.8 Å². The number of nitrogens with one attached hydrogen (secondary N) is 1. The third-order valence-electron chi connectivity index (χ3n) is 5.18. The Hall–Kier alpha value is -3.52. The van der Waals surface area contributed by atoms with Crippen molar-refractivity contribution in [3.8, 4) is 22.8 Å². The molecular formula is C24H28N4O4. The molecule has 0 aliphatic heterocycles. The molecule has 1 N–H and O–H groups in total. The highest BCUT2D eigenvalue weighted by Gasteiger charge is 2.18. The fourth-order valence-corrected chi connectivity index (χ4v) is 3.74. The largest absolute Gasteiger partial charge is 0.497 e. The number of anilines is 1. The van der Waals surface area contributed by atoms with Crippen LogP contribution in [0.15, 0.2) is 39.3 Å². The van der Waals surface area contributed by atoms with E-state index in [4.69, 9.17) is 23.4 Å². The molecule has 8 nitrogen and oxygen atoms in total. The summed E-state index contributed by atoms with van der Waals surface area (Å²) in [5.74, 6) is 3.72. The van der Waals surface area contributed by atoms with Gasteiger partial charge in [-0.15, -0.1) is 0 Å². The van der Waals surface area contributed by atoms with Crippen molar-refractivity contribution in [1.82, 2.24) is 15.0 Å². The number of ether oxygens (including phenoxy) is 2. The van der Waals surface area contributed by atoms with Gasteiger partial charge in [0.25, 0.3) is 0 Å². The number of benzene rings is 1. The highest BCUT2D eigenvalue weighted by molar-refractivity contribution is 5.91. The Morgan fingerprint density at radius 3 is 2.31 bits per heavy atom. The number of nitrogens with zero attached hydrogens (tertiary/aromatic N) is 3. The second kappa shape index (κ2) is 8.92. The summed E-state index contributed by atoms with van der Waals surface area (Å²) in [6, 6.07) is 9.84. The van der Waals surface area contributed by atoms with Crippen molar-refractivity contribution >= 4 is 16.8 Å². The van der Waals surface area contributed by atoms with Crippen LogP contribution in [0.1, 0.15) is 22.8 Å². The average Bonchev–Trinajstić information content (AvgIpc) is 3.32. The predicted octanol–water partition coefficient (Wildman–Crippen LogP) is 4.79. The Morgan fingerprint density at radius 1 is 1.00 bits per heavy atom. The SMILES string of the molecule is COc1cc(CNc2nc(-c3c(C)noc3C)cc3cc(CN(C)C)oc23)cc(OC)c1. The number of aromatic nitrogens is 2. The molecule has 0 bridgehead atoms. The van der Waals surface area contributed by atoms with Crippen LogP contribution in [-0.4, -0.2) is 43.4 Å². The molecule has 8 heteroatoms.